The lowest BCUT2D eigenvalue weighted by molar-refractivity contribution is -0.146. The molecule has 1 saturated heterocycles. The Kier molecular flexibility index (Phi) is 8.35. The van der Waals surface area contributed by atoms with Crippen molar-refractivity contribution in [1.82, 2.24) is 19.9 Å². The number of ether oxygens (including phenoxy) is 1. The molecular weight excluding hydrogens is 496 g/mol. The lowest BCUT2D eigenvalue weighted by Crippen LogP contribution is -2.39. The van der Waals surface area contributed by atoms with Crippen molar-refractivity contribution in [1.29, 1.82) is 0 Å². The maximum atomic E-state index is 11.1. The number of carbonyl (C=O) groups excluding carboxylic acids is 1. The fourth-order valence-corrected chi connectivity index (χ4v) is 4.20. The SMILES string of the molecule is C=CC(=O)N1CCC[C@H]1C(=O)O.Cc1ccc(Oc2ccc(Nc3ncnc4ccc(N)cc34)cc2C)cn1. The Morgan fingerprint density at radius 2 is 1.95 bits per heavy atom. The van der Waals surface area contributed by atoms with E-state index in [1.807, 2.05) is 62.4 Å². The molecule has 5 rings (SSSR count). The standard InChI is InChI=1S/C21H19N5O.C8H11NO3/c1-13-9-16(5-8-20(13)27-17-6-3-14(2)23-11-17)26-21-18-10-15(22)4-7-19(18)24-12-25-21;1-2-7(10)9-5-3-4-6(9)8(11)12/h3-12H,22H2,1-2H3,(H,24,25,26);2,6H,1,3-5H2,(H,11,12)/t;6-/m.0/s1. The summed E-state index contributed by atoms with van der Waals surface area (Å²) in [6.07, 6.45) is 5.72. The molecule has 39 heavy (non-hydrogen) atoms. The largest absolute Gasteiger partial charge is 0.480 e. The zero-order valence-corrected chi connectivity index (χ0v) is 21.8. The molecule has 4 N–H and O–H groups in total. The average molecular weight is 527 g/mol. The molecule has 4 aromatic rings. The van der Waals surface area contributed by atoms with E-state index in [0.29, 0.717) is 30.2 Å². The molecule has 2 aromatic carbocycles. The number of nitrogen functional groups attached to an aromatic ring is 1. The van der Waals surface area contributed by atoms with Gasteiger partial charge >= 0.3 is 5.97 Å². The van der Waals surface area contributed by atoms with E-state index in [4.69, 9.17) is 15.6 Å². The van der Waals surface area contributed by atoms with Gasteiger partial charge in [-0.1, -0.05) is 6.58 Å². The third-order valence-electron chi connectivity index (χ3n) is 6.20. The lowest BCUT2D eigenvalue weighted by atomic mass is 10.2. The molecule has 0 unspecified atom stereocenters. The summed E-state index contributed by atoms with van der Waals surface area (Å²) in [6, 6.07) is 14.7. The third-order valence-corrected chi connectivity index (χ3v) is 6.20. The van der Waals surface area contributed by atoms with Crippen LogP contribution < -0.4 is 15.8 Å². The van der Waals surface area contributed by atoms with Crippen LogP contribution in [0.15, 0.2) is 73.7 Å². The highest BCUT2D eigenvalue weighted by Crippen LogP contribution is 2.30. The van der Waals surface area contributed by atoms with Crippen LogP contribution in [0.25, 0.3) is 10.9 Å². The van der Waals surface area contributed by atoms with Gasteiger partial charge in [0.15, 0.2) is 0 Å². The van der Waals surface area contributed by atoms with Gasteiger partial charge in [0.2, 0.25) is 5.91 Å². The molecule has 0 saturated carbocycles. The summed E-state index contributed by atoms with van der Waals surface area (Å²) < 4.78 is 5.92. The number of fused-ring (bicyclic) bond motifs is 1. The second-order valence-electron chi connectivity index (χ2n) is 9.07. The number of benzene rings is 2. The number of likely N-dealkylation sites (tertiary alicyclic amines) is 1. The predicted octanol–water partition coefficient (Wildman–Crippen LogP) is 5.01. The Labute approximate surface area is 226 Å². The van der Waals surface area contributed by atoms with E-state index in [0.717, 1.165) is 46.1 Å². The molecule has 3 heterocycles. The normalized spacial score (nSPS) is 14.3. The summed E-state index contributed by atoms with van der Waals surface area (Å²) in [5, 5.41) is 12.9. The average Bonchev–Trinajstić information content (AvgIpc) is 3.42. The molecule has 0 spiro atoms. The first-order valence-electron chi connectivity index (χ1n) is 12.4. The van der Waals surface area contributed by atoms with Crippen molar-refractivity contribution >= 4 is 40.0 Å². The number of amides is 1. The van der Waals surface area contributed by atoms with E-state index in [-0.39, 0.29) is 5.91 Å². The van der Waals surface area contributed by atoms with Crippen LogP contribution in [0.3, 0.4) is 0 Å². The van der Waals surface area contributed by atoms with Crippen molar-refractivity contribution in [3.8, 4) is 11.5 Å². The van der Waals surface area contributed by atoms with E-state index in [2.05, 4.69) is 26.8 Å². The van der Waals surface area contributed by atoms with Crippen LogP contribution >= 0.6 is 0 Å². The Hall–Kier alpha value is -4.99. The number of anilines is 3. The zero-order valence-electron chi connectivity index (χ0n) is 21.8. The number of hydrogen-bond donors (Lipinski definition) is 3. The molecule has 0 radical (unpaired) electrons. The van der Waals surface area contributed by atoms with E-state index in [1.165, 1.54) is 11.2 Å². The van der Waals surface area contributed by atoms with E-state index < -0.39 is 12.0 Å². The van der Waals surface area contributed by atoms with Crippen LogP contribution in [0, 0.1) is 13.8 Å². The number of nitrogens with two attached hydrogens (primary N) is 1. The molecule has 1 fully saturated rings. The Morgan fingerprint density at radius 1 is 1.13 bits per heavy atom. The first-order valence-corrected chi connectivity index (χ1v) is 12.4. The maximum Gasteiger partial charge on any atom is 0.326 e. The number of aromatic nitrogens is 3. The van der Waals surface area contributed by atoms with Gasteiger partial charge in [-0.25, -0.2) is 14.8 Å². The molecule has 0 bridgehead atoms. The molecule has 10 heteroatoms. The highest BCUT2D eigenvalue weighted by atomic mass is 16.5. The number of rotatable bonds is 6. The first-order chi connectivity index (χ1) is 18.7. The summed E-state index contributed by atoms with van der Waals surface area (Å²) in [5.41, 5.74) is 10.3. The van der Waals surface area contributed by atoms with Crippen molar-refractivity contribution in [3.63, 3.8) is 0 Å². The van der Waals surface area contributed by atoms with Gasteiger partial charge in [-0.15, -0.1) is 0 Å². The summed E-state index contributed by atoms with van der Waals surface area (Å²) in [7, 11) is 0. The Morgan fingerprint density at radius 3 is 2.64 bits per heavy atom. The number of carboxylic acids is 1. The van der Waals surface area contributed by atoms with Crippen LogP contribution in [0.4, 0.5) is 17.2 Å². The van der Waals surface area contributed by atoms with Gasteiger partial charge in [-0.3, -0.25) is 9.78 Å². The van der Waals surface area contributed by atoms with Gasteiger partial charge in [-0.2, -0.15) is 0 Å². The van der Waals surface area contributed by atoms with Crippen LogP contribution in [-0.4, -0.2) is 49.4 Å². The van der Waals surface area contributed by atoms with Gasteiger partial charge in [0.1, 0.15) is 29.7 Å². The van der Waals surface area contributed by atoms with Crippen molar-refractivity contribution < 1.29 is 19.4 Å². The van der Waals surface area contributed by atoms with Crippen LogP contribution in [0.5, 0.6) is 11.5 Å². The smallest absolute Gasteiger partial charge is 0.326 e. The fourth-order valence-electron chi connectivity index (χ4n) is 4.20. The second kappa shape index (κ2) is 12.0. The Balaban J connectivity index is 0.000000247. The van der Waals surface area contributed by atoms with Crippen molar-refractivity contribution in [2.24, 2.45) is 0 Å². The number of pyridine rings is 1. The summed E-state index contributed by atoms with van der Waals surface area (Å²) in [4.78, 5) is 35.9. The number of aliphatic carboxylic acids is 1. The van der Waals surface area contributed by atoms with Gasteiger partial charge in [0.25, 0.3) is 0 Å². The van der Waals surface area contributed by atoms with Crippen molar-refractivity contribution in [2.45, 2.75) is 32.7 Å². The molecule has 1 amide bonds. The van der Waals surface area contributed by atoms with Crippen LogP contribution in [-0.2, 0) is 9.59 Å². The van der Waals surface area contributed by atoms with Gasteiger partial charge in [0.05, 0.1) is 11.7 Å². The van der Waals surface area contributed by atoms with Gasteiger partial charge in [-0.05, 0) is 86.9 Å². The molecule has 1 aliphatic heterocycles. The van der Waals surface area contributed by atoms with E-state index >= 15 is 0 Å². The highest BCUT2D eigenvalue weighted by Gasteiger charge is 2.32. The van der Waals surface area contributed by atoms with Crippen molar-refractivity contribution in [3.05, 3.63) is 85.0 Å². The molecule has 1 atom stereocenters. The summed E-state index contributed by atoms with van der Waals surface area (Å²) >= 11 is 0. The molecule has 0 aliphatic carbocycles. The first kappa shape index (κ1) is 27.1. The summed E-state index contributed by atoms with van der Waals surface area (Å²) in [5.74, 6) is 0.982. The van der Waals surface area contributed by atoms with Crippen LogP contribution in [0.2, 0.25) is 0 Å². The topological polar surface area (TPSA) is 144 Å². The quantitative estimate of drug-likeness (QED) is 0.233. The number of carbonyl (C=O) groups is 2. The number of nitrogens with one attached hydrogen (secondary N) is 1. The number of nitrogens with zero attached hydrogens (tertiary/aromatic N) is 4. The van der Waals surface area contributed by atoms with Gasteiger partial charge in [0, 0.05) is 29.0 Å². The molecule has 10 nitrogen and oxygen atoms in total. The minimum Gasteiger partial charge on any atom is -0.480 e. The maximum absolute atomic E-state index is 11.1. The highest BCUT2D eigenvalue weighted by molar-refractivity contribution is 5.93. The predicted molar refractivity (Wildman–Crippen MR) is 150 cm³/mol. The zero-order chi connectivity index (χ0) is 27.9. The molecule has 1 aliphatic rings. The minimum absolute atomic E-state index is 0.292. The van der Waals surface area contributed by atoms with E-state index in [9.17, 15) is 9.59 Å². The monoisotopic (exact) mass is 526 g/mol. The van der Waals surface area contributed by atoms with Crippen LogP contribution in [0.1, 0.15) is 24.1 Å². The van der Waals surface area contributed by atoms with E-state index in [1.54, 1.807) is 6.20 Å². The summed E-state index contributed by atoms with van der Waals surface area (Å²) in [6.45, 7) is 7.79. The minimum atomic E-state index is -0.928. The van der Waals surface area contributed by atoms with Crippen molar-refractivity contribution in [2.75, 3.05) is 17.6 Å². The fraction of sp³-hybridized carbons (Fsp3) is 0.207. The number of hydrogen-bond acceptors (Lipinski definition) is 8. The van der Waals surface area contributed by atoms with Gasteiger partial charge < -0.3 is 25.8 Å². The second-order valence-corrected chi connectivity index (χ2v) is 9.07. The molecule has 2 aromatic heterocycles. The third kappa shape index (κ3) is 6.67. The number of carboxylic acid groups (broad SMARTS) is 1. The molecular formula is C29H30N6O4. The number of aryl methyl sites for hydroxylation is 2. The lowest BCUT2D eigenvalue weighted by Gasteiger charge is -2.18. The Bertz CT molecular complexity index is 1510. The molecule has 200 valence electrons.